The molecule has 6 heteroatoms. The van der Waals surface area contributed by atoms with Crippen LogP contribution in [0.25, 0.3) is 0 Å². The highest BCUT2D eigenvalue weighted by atomic mass is 32.2. The maximum absolute atomic E-state index is 11.6. The van der Waals surface area contributed by atoms with E-state index in [-0.39, 0.29) is 5.97 Å². The lowest BCUT2D eigenvalue weighted by Gasteiger charge is -2.13. The van der Waals surface area contributed by atoms with Gasteiger partial charge in [0.05, 0.1) is 12.1 Å². The van der Waals surface area contributed by atoms with Gasteiger partial charge in [-0.15, -0.1) is 11.3 Å². The summed E-state index contributed by atoms with van der Waals surface area (Å²) in [4.78, 5) is 15.6. The molecule has 0 aliphatic rings. The lowest BCUT2D eigenvalue weighted by molar-refractivity contribution is 0.0521. The van der Waals surface area contributed by atoms with Gasteiger partial charge in [0, 0.05) is 6.04 Å². The summed E-state index contributed by atoms with van der Waals surface area (Å²) < 4.78 is 4.95. The van der Waals surface area contributed by atoms with Crippen LogP contribution in [0.4, 0.5) is 5.00 Å². The van der Waals surface area contributed by atoms with Crippen molar-refractivity contribution in [3.63, 3.8) is 0 Å². The van der Waals surface area contributed by atoms with Crippen LogP contribution in [0.2, 0.25) is 0 Å². The van der Waals surface area contributed by atoms with Crippen molar-refractivity contribution in [2.24, 2.45) is 0 Å². The van der Waals surface area contributed by atoms with E-state index in [0.29, 0.717) is 18.3 Å². The molecule has 1 heterocycles. The molecule has 0 radical (unpaired) electrons. The number of thiazole rings is 1. The van der Waals surface area contributed by atoms with E-state index in [0.717, 1.165) is 17.2 Å². The molecule has 0 bridgehead atoms. The molecule has 1 unspecified atom stereocenters. The van der Waals surface area contributed by atoms with E-state index in [4.69, 9.17) is 4.74 Å². The molecule has 96 valence electrons. The number of anilines is 1. The molecule has 0 aliphatic carbocycles. The van der Waals surface area contributed by atoms with Crippen molar-refractivity contribution in [3.8, 4) is 0 Å². The molecule has 0 spiro atoms. The van der Waals surface area contributed by atoms with Crippen molar-refractivity contribution in [2.75, 3.05) is 23.9 Å². The van der Waals surface area contributed by atoms with Crippen molar-refractivity contribution in [3.05, 3.63) is 11.2 Å². The first-order chi connectivity index (χ1) is 8.19. The third kappa shape index (κ3) is 4.55. The molecule has 1 atom stereocenters. The van der Waals surface area contributed by atoms with E-state index in [1.165, 1.54) is 11.3 Å². The molecule has 1 aromatic heterocycles. The van der Waals surface area contributed by atoms with Crippen molar-refractivity contribution in [2.45, 2.75) is 26.3 Å². The largest absolute Gasteiger partial charge is 0.461 e. The summed E-state index contributed by atoms with van der Waals surface area (Å²) in [5.74, 6) is 0.746. The number of carbonyl (C=O) groups excluding carboxylic acids is 1. The van der Waals surface area contributed by atoms with E-state index in [1.54, 1.807) is 12.4 Å². The number of nitrogens with zero attached hydrogens (tertiary/aromatic N) is 1. The first-order valence-corrected chi connectivity index (χ1v) is 7.82. The lowest BCUT2D eigenvalue weighted by atomic mass is 10.2. The molecule has 0 saturated carbocycles. The summed E-state index contributed by atoms with van der Waals surface area (Å²) in [6.45, 7) is 4.27. The third-order valence-corrected chi connectivity index (χ3v) is 3.57. The van der Waals surface area contributed by atoms with Crippen LogP contribution in [0, 0.1) is 0 Å². The second-order valence-corrected chi connectivity index (χ2v) is 5.42. The van der Waals surface area contributed by atoms with Crippen molar-refractivity contribution < 1.29 is 9.53 Å². The minimum atomic E-state index is -0.353. The van der Waals surface area contributed by atoms with Gasteiger partial charge in [-0.25, -0.2) is 9.78 Å². The van der Waals surface area contributed by atoms with Crippen LogP contribution in [0.1, 0.15) is 30.8 Å². The predicted octanol–water partition coefficient (Wildman–Crippen LogP) is 2.87. The lowest BCUT2D eigenvalue weighted by Crippen LogP contribution is -2.17. The third-order valence-electron chi connectivity index (χ3n) is 2.17. The quantitative estimate of drug-likeness (QED) is 0.775. The van der Waals surface area contributed by atoms with Gasteiger partial charge in [-0.05, 0) is 32.3 Å². The van der Waals surface area contributed by atoms with Crippen LogP contribution in [0.3, 0.4) is 0 Å². The Kier molecular flexibility index (Phi) is 6.36. The summed E-state index contributed by atoms with van der Waals surface area (Å²) >= 11 is 3.25. The van der Waals surface area contributed by atoms with Crippen molar-refractivity contribution >= 4 is 34.1 Å². The minimum absolute atomic E-state index is 0.330. The van der Waals surface area contributed by atoms with E-state index >= 15 is 0 Å². The predicted molar refractivity (Wildman–Crippen MR) is 74.2 cm³/mol. The van der Waals surface area contributed by atoms with Gasteiger partial charge in [0.1, 0.15) is 5.00 Å². The van der Waals surface area contributed by atoms with Gasteiger partial charge >= 0.3 is 5.97 Å². The average molecular weight is 274 g/mol. The summed E-state index contributed by atoms with van der Waals surface area (Å²) in [6.07, 6.45) is 3.14. The van der Waals surface area contributed by atoms with Gasteiger partial charge in [0.15, 0.2) is 5.69 Å². The highest BCUT2D eigenvalue weighted by molar-refractivity contribution is 7.98. The highest BCUT2D eigenvalue weighted by Crippen LogP contribution is 2.22. The average Bonchev–Trinajstić information content (AvgIpc) is 2.75. The Hall–Kier alpha value is -0.750. The number of hydrogen-bond acceptors (Lipinski definition) is 6. The Morgan fingerprint density at radius 3 is 3.12 bits per heavy atom. The minimum Gasteiger partial charge on any atom is -0.461 e. The van der Waals surface area contributed by atoms with Crippen LogP contribution in [-0.4, -0.2) is 35.6 Å². The molecule has 0 aliphatic heterocycles. The molecule has 0 aromatic carbocycles. The van der Waals surface area contributed by atoms with Crippen LogP contribution >= 0.6 is 23.1 Å². The highest BCUT2D eigenvalue weighted by Gasteiger charge is 2.17. The Bertz CT molecular complexity index is 355. The van der Waals surface area contributed by atoms with Gasteiger partial charge in [0.2, 0.25) is 0 Å². The number of hydrogen-bond donors (Lipinski definition) is 1. The van der Waals surface area contributed by atoms with Crippen LogP contribution in [0.5, 0.6) is 0 Å². The maximum atomic E-state index is 11.6. The summed E-state index contributed by atoms with van der Waals surface area (Å²) in [5.41, 5.74) is 2.06. The number of aromatic nitrogens is 1. The molecule has 1 rings (SSSR count). The monoisotopic (exact) mass is 274 g/mol. The zero-order valence-corrected chi connectivity index (χ0v) is 12.0. The van der Waals surface area contributed by atoms with Gasteiger partial charge in [0.25, 0.3) is 0 Å². The van der Waals surface area contributed by atoms with Crippen LogP contribution in [-0.2, 0) is 4.74 Å². The fourth-order valence-corrected chi connectivity index (χ4v) is 2.65. The number of nitrogens with one attached hydrogen (secondary N) is 1. The number of carbonyl (C=O) groups is 1. The van der Waals surface area contributed by atoms with Crippen molar-refractivity contribution in [1.82, 2.24) is 4.98 Å². The van der Waals surface area contributed by atoms with E-state index in [1.807, 2.05) is 11.8 Å². The molecular weight excluding hydrogens is 256 g/mol. The standard InChI is InChI=1S/C11H18N2O2S2/c1-4-15-11(14)9-10(17-7-12-9)13-8(2)5-6-16-3/h7-8,13H,4-6H2,1-3H3. The van der Waals surface area contributed by atoms with Crippen LogP contribution < -0.4 is 5.32 Å². The molecule has 4 nitrogen and oxygen atoms in total. The molecule has 1 aromatic rings. The smallest absolute Gasteiger partial charge is 0.360 e. The number of ether oxygens (including phenoxy) is 1. The van der Waals surface area contributed by atoms with Gasteiger partial charge in [-0.1, -0.05) is 0 Å². The Morgan fingerprint density at radius 1 is 1.71 bits per heavy atom. The second-order valence-electron chi connectivity index (χ2n) is 3.58. The van der Waals surface area contributed by atoms with E-state index in [2.05, 4.69) is 23.5 Å². The zero-order chi connectivity index (χ0) is 12.7. The van der Waals surface area contributed by atoms with Crippen LogP contribution in [0.15, 0.2) is 5.51 Å². The number of esters is 1. The Balaban J connectivity index is 2.59. The Morgan fingerprint density at radius 2 is 2.47 bits per heavy atom. The summed E-state index contributed by atoms with van der Waals surface area (Å²) in [6, 6.07) is 0.330. The molecule has 0 saturated heterocycles. The molecule has 1 N–H and O–H groups in total. The fraction of sp³-hybridized carbons (Fsp3) is 0.636. The Labute approximate surface area is 110 Å². The van der Waals surface area contributed by atoms with Gasteiger partial charge in [-0.2, -0.15) is 11.8 Å². The molecule has 0 fully saturated rings. The zero-order valence-electron chi connectivity index (χ0n) is 10.4. The first kappa shape index (κ1) is 14.3. The SMILES string of the molecule is CCOC(=O)c1ncsc1NC(C)CCSC. The van der Waals surface area contributed by atoms with Crippen molar-refractivity contribution in [1.29, 1.82) is 0 Å². The van der Waals surface area contributed by atoms with Gasteiger partial charge in [-0.3, -0.25) is 0 Å². The molecule has 0 amide bonds. The number of thioether (sulfide) groups is 1. The summed E-state index contributed by atoms with van der Waals surface area (Å²) in [7, 11) is 0. The summed E-state index contributed by atoms with van der Waals surface area (Å²) in [5, 5.41) is 4.11. The van der Waals surface area contributed by atoms with E-state index < -0.39 is 0 Å². The molecular formula is C11H18N2O2S2. The van der Waals surface area contributed by atoms with Gasteiger partial charge < -0.3 is 10.1 Å². The molecule has 17 heavy (non-hydrogen) atoms. The normalized spacial score (nSPS) is 12.2. The maximum Gasteiger partial charge on any atom is 0.360 e. The number of rotatable bonds is 7. The second kappa shape index (κ2) is 7.55. The fourth-order valence-electron chi connectivity index (χ4n) is 1.28. The topological polar surface area (TPSA) is 51.2 Å². The first-order valence-electron chi connectivity index (χ1n) is 5.55. The van der Waals surface area contributed by atoms with E-state index in [9.17, 15) is 4.79 Å².